The second-order valence-corrected chi connectivity index (χ2v) is 6.62. The molecule has 5 heteroatoms. The van der Waals surface area contributed by atoms with Crippen molar-refractivity contribution in [3.05, 3.63) is 78.2 Å². The molecule has 3 heterocycles. The molecule has 27 heavy (non-hydrogen) atoms. The molecule has 2 aromatic carbocycles. The van der Waals surface area contributed by atoms with Crippen LogP contribution in [0.25, 0.3) is 32.7 Å². The Morgan fingerprint density at radius 3 is 2.59 bits per heavy atom. The maximum absolute atomic E-state index is 12.7. The van der Waals surface area contributed by atoms with Gasteiger partial charge in [0.05, 0.1) is 5.52 Å². The van der Waals surface area contributed by atoms with Crippen LogP contribution in [0.3, 0.4) is 0 Å². The summed E-state index contributed by atoms with van der Waals surface area (Å²) in [6, 6.07) is 18.2. The van der Waals surface area contributed by atoms with Gasteiger partial charge in [-0.15, -0.1) is 0 Å². The van der Waals surface area contributed by atoms with E-state index in [9.17, 15) is 4.79 Å². The molecule has 0 aliphatic heterocycles. The normalized spacial score (nSPS) is 11.4. The van der Waals surface area contributed by atoms with Gasteiger partial charge in [-0.25, -0.2) is 4.98 Å². The molecule has 5 aromatic rings. The Bertz CT molecular complexity index is 1280. The van der Waals surface area contributed by atoms with Crippen LogP contribution in [0.4, 0.5) is 0 Å². The van der Waals surface area contributed by atoms with E-state index in [4.69, 9.17) is 0 Å². The number of para-hydroxylation sites is 2. The number of nitrogens with zero attached hydrogens (tertiary/aromatic N) is 1. The highest BCUT2D eigenvalue weighted by Gasteiger charge is 2.15. The summed E-state index contributed by atoms with van der Waals surface area (Å²) in [6.07, 6.45) is 4.46. The summed E-state index contributed by atoms with van der Waals surface area (Å²) in [4.78, 5) is 23.6. The van der Waals surface area contributed by atoms with E-state index in [0.717, 1.165) is 33.7 Å². The van der Waals surface area contributed by atoms with Gasteiger partial charge in [0.1, 0.15) is 0 Å². The number of benzene rings is 2. The van der Waals surface area contributed by atoms with Crippen molar-refractivity contribution in [2.45, 2.75) is 6.42 Å². The minimum atomic E-state index is -0.160. The molecule has 0 spiro atoms. The van der Waals surface area contributed by atoms with E-state index in [0.29, 0.717) is 12.2 Å². The van der Waals surface area contributed by atoms with E-state index in [1.807, 2.05) is 48.7 Å². The van der Waals surface area contributed by atoms with Gasteiger partial charge in [0.25, 0.3) is 5.91 Å². The van der Waals surface area contributed by atoms with Crippen molar-refractivity contribution >= 4 is 38.6 Å². The van der Waals surface area contributed by atoms with Crippen molar-refractivity contribution in [3.8, 4) is 0 Å². The lowest BCUT2D eigenvalue weighted by molar-refractivity contribution is 0.0951. The predicted molar refractivity (Wildman–Crippen MR) is 108 cm³/mol. The fraction of sp³-hybridized carbons (Fsp3) is 0.0909. The number of aromatic amines is 2. The minimum absolute atomic E-state index is 0.160. The van der Waals surface area contributed by atoms with Crippen LogP contribution in [-0.2, 0) is 6.42 Å². The van der Waals surface area contributed by atoms with Crippen molar-refractivity contribution in [2.24, 2.45) is 0 Å². The summed E-state index contributed by atoms with van der Waals surface area (Å²) in [7, 11) is 0. The topological polar surface area (TPSA) is 73.6 Å². The van der Waals surface area contributed by atoms with Gasteiger partial charge in [-0.05, 0) is 30.2 Å². The van der Waals surface area contributed by atoms with E-state index < -0.39 is 0 Å². The van der Waals surface area contributed by atoms with Gasteiger partial charge in [-0.2, -0.15) is 0 Å². The molecule has 3 N–H and O–H groups in total. The van der Waals surface area contributed by atoms with Gasteiger partial charge < -0.3 is 15.3 Å². The molecule has 0 atom stereocenters. The average Bonchev–Trinajstić information content (AvgIpc) is 3.29. The van der Waals surface area contributed by atoms with Crippen LogP contribution >= 0.6 is 0 Å². The largest absolute Gasteiger partial charge is 0.361 e. The molecule has 0 aliphatic carbocycles. The van der Waals surface area contributed by atoms with Crippen LogP contribution < -0.4 is 5.32 Å². The zero-order chi connectivity index (χ0) is 18.2. The zero-order valence-corrected chi connectivity index (χ0v) is 14.6. The molecule has 0 aliphatic rings. The number of aromatic nitrogens is 3. The standard InChI is InChI=1S/C22H18N4O/c27-22(24-11-9-14-13-25-18-7-3-1-5-15(14)18)21-20-17(10-12-23-21)16-6-2-4-8-19(16)26-20/h1-8,10,12-13,25-26H,9,11H2,(H,24,27). The third-order valence-corrected chi connectivity index (χ3v) is 5.00. The number of pyridine rings is 1. The smallest absolute Gasteiger partial charge is 0.272 e. The molecule has 0 radical (unpaired) electrons. The van der Waals surface area contributed by atoms with Crippen molar-refractivity contribution in [1.29, 1.82) is 0 Å². The first-order valence-electron chi connectivity index (χ1n) is 9.00. The Labute approximate surface area is 155 Å². The average molecular weight is 354 g/mol. The number of fused-ring (bicyclic) bond motifs is 4. The molecular weight excluding hydrogens is 336 g/mol. The first-order chi connectivity index (χ1) is 13.3. The van der Waals surface area contributed by atoms with Crippen molar-refractivity contribution in [2.75, 3.05) is 6.54 Å². The second kappa shape index (κ2) is 6.29. The molecule has 0 saturated carbocycles. The lowest BCUT2D eigenvalue weighted by Gasteiger charge is -2.05. The highest BCUT2D eigenvalue weighted by Crippen LogP contribution is 2.26. The van der Waals surface area contributed by atoms with Gasteiger partial charge in [0, 0.05) is 46.1 Å². The minimum Gasteiger partial charge on any atom is -0.361 e. The summed E-state index contributed by atoms with van der Waals surface area (Å²) in [5.41, 5.74) is 4.53. The number of hydrogen-bond donors (Lipinski definition) is 3. The molecular formula is C22H18N4O. The molecule has 132 valence electrons. The van der Waals surface area contributed by atoms with Crippen LogP contribution in [0, 0.1) is 0 Å². The lowest BCUT2D eigenvalue weighted by Crippen LogP contribution is -2.26. The maximum Gasteiger partial charge on any atom is 0.272 e. The third-order valence-electron chi connectivity index (χ3n) is 5.00. The predicted octanol–water partition coefficient (Wildman–Crippen LogP) is 4.17. The molecule has 0 bridgehead atoms. The number of carbonyl (C=O) groups is 1. The second-order valence-electron chi connectivity index (χ2n) is 6.62. The number of H-pyrrole nitrogens is 2. The Kier molecular flexibility index (Phi) is 3.64. The maximum atomic E-state index is 12.7. The van der Waals surface area contributed by atoms with Crippen molar-refractivity contribution < 1.29 is 4.79 Å². The summed E-state index contributed by atoms with van der Waals surface area (Å²) < 4.78 is 0. The van der Waals surface area contributed by atoms with E-state index in [2.05, 4.69) is 32.4 Å². The van der Waals surface area contributed by atoms with E-state index in [-0.39, 0.29) is 5.91 Å². The number of hydrogen-bond acceptors (Lipinski definition) is 2. The van der Waals surface area contributed by atoms with Crippen LogP contribution in [0.15, 0.2) is 67.0 Å². The Morgan fingerprint density at radius 2 is 1.70 bits per heavy atom. The highest BCUT2D eigenvalue weighted by atomic mass is 16.1. The molecule has 0 unspecified atom stereocenters. The first kappa shape index (κ1) is 15.6. The highest BCUT2D eigenvalue weighted by molar-refractivity contribution is 6.13. The molecule has 3 aromatic heterocycles. The SMILES string of the molecule is O=C(NCCc1c[nH]c2ccccc12)c1nccc2c1[nH]c1ccccc12. The summed E-state index contributed by atoms with van der Waals surface area (Å²) >= 11 is 0. The molecule has 5 rings (SSSR count). The summed E-state index contributed by atoms with van der Waals surface area (Å²) in [6.45, 7) is 0.555. The molecule has 5 nitrogen and oxygen atoms in total. The van der Waals surface area contributed by atoms with E-state index in [1.165, 1.54) is 10.9 Å². The van der Waals surface area contributed by atoms with Crippen LogP contribution in [0.2, 0.25) is 0 Å². The van der Waals surface area contributed by atoms with E-state index in [1.54, 1.807) is 6.20 Å². The fourth-order valence-corrected chi connectivity index (χ4v) is 3.68. The number of nitrogens with one attached hydrogen (secondary N) is 3. The summed E-state index contributed by atoms with van der Waals surface area (Å²) in [5.74, 6) is -0.160. The van der Waals surface area contributed by atoms with Gasteiger partial charge in [-0.3, -0.25) is 4.79 Å². The van der Waals surface area contributed by atoms with Crippen LogP contribution in [-0.4, -0.2) is 27.4 Å². The van der Waals surface area contributed by atoms with Gasteiger partial charge in [-0.1, -0.05) is 36.4 Å². The number of rotatable bonds is 4. The third kappa shape index (κ3) is 2.64. The van der Waals surface area contributed by atoms with E-state index >= 15 is 0 Å². The Balaban J connectivity index is 1.38. The van der Waals surface area contributed by atoms with Crippen molar-refractivity contribution in [1.82, 2.24) is 20.3 Å². The molecule has 1 amide bonds. The van der Waals surface area contributed by atoms with Gasteiger partial charge >= 0.3 is 0 Å². The monoisotopic (exact) mass is 354 g/mol. The number of amides is 1. The Morgan fingerprint density at radius 1 is 0.926 bits per heavy atom. The van der Waals surface area contributed by atoms with Crippen LogP contribution in [0.5, 0.6) is 0 Å². The summed E-state index contributed by atoms with van der Waals surface area (Å²) in [5, 5.41) is 6.32. The van der Waals surface area contributed by atoms with Gasteiger partial charge in [0.2, 0.25) is 0 Å². The zero-order valence-electron chi connectivity index (χ0n) is 14.6. The molecule has 0 saturated heterocycles. The van der Waals surface area contributed by atoms with Crippen molar-refractivity contribution in [3.63, 3.8) is 0 Å². The van der Waals surface area contributed by atoms with Crippen LogP contribution in [0.1, 0.15) is 16.1 Å². The molecule has 0 fully saturated rings. The number of carbonyl (C=O) groups excluding carboxylic acids is 1. The van der Waals surface area contributed by atoms with Gasteiger partial charge in [0.15, 0.2) is 5.69 Å². The quantitative estimate of drug-likeness (QED) is 0.453. The first-order valence-corrected chi connectivity index (χ1v) is 9.00. The lowest BCUT2D eigenvalue weighted by atomic mass is 10.1. The Hall–Kier alpha value is -3.60. The fourth-order valence-electron chi connectivity index (χ4n) is 3.68.